The Morgan fingerprint density at radius 2 is 2.50 bits per heavy atom. The molecular weight excluding hydrogens is 104 g/mol. The molecule has 48 valence electrons. The van der Waals surface area contributed by atoms with E-state index in [0.717, 1.165) is 13.2 Å². The van der Waals surface area contributed by atoms with Crippen LogP contribution in [0, 0.1) is 0 Å². The standard InChI is InChI=1S/C6H12O2/c1-3-7-5(2)6-4-8-6/h5-6H,3-4H2,1-2H3/t5-,6+/m0/s1. The minimum Gasteiger partial charge on any atom is -0.376 e. The summed E-state index contributed by atoms with van der Waals surface area (Å²) in [6.07, 6.45) is 0.704. The first-order chi connectivity index (χ1) is 3.84. The van der Waals surface area contributed by atoms with Crippen LogP contribution in [0.3, 0.4) is 0 Å². The van der Waals surface area contributed by atoms with Crippen molar-refractivity contribution in [1.29, 1.82) is 0 Å². The molecule has 1 aliphatic rings. The van der Waals surface area contributed by atoms with Gasteiger partial charge in [-0.15, -0.1) is 0 Å². The summed E-state index contributed by atoms with van der Waals surface area (Å²) >= 11 is 0. The first kappa shape index (κ1) is 6.05. The van der Waals surface area contributed by atoms with Crippen molar-refractivity contribution in [1.82, 2.24) is 0 Å². The maximum Gasteiger partial charge on any atom is 0.107 e. The highest BCUT2D eigenvalue weighted by Crippen LogP contribution is 2.15. The fraction of sp³-hybridized carbons (Fsp3) is 1.00. The van der Waals surface area contributed by atoms with E-state index in [4.69, 9.17) is 9.47 Å². The third-order valence-electron chi connectivity index (χ3n) is 1.31. The van der Waals surface area contributed by atoms with Crippen LogP contribution in [0.5, 0.6) is 0 Å². The zero-order valence-corrected chi connectivity index (χ0v) is 5.39. The Balaban J connectivity index is 2.03. The number of hydrogen-bond donors (Lipinski definition) is 0. The summed E-state index contributed by atoms with van der Waals surface area (Å²) in [6.45, 7) is 5.72. The van der Waals surface area contributed by atoms with E-state index in [-0.39, 0.29) is 0 Å². The second-order valence-electron chi connectivity index (χ2n) is 2.03. The molecule has 0 aromatic carbocycles. The maximum absolute atomic E-state index is 5.24. The van der Waals surface area contributed by atoms with Gasteiger partial charge in [-0.25, -0.2) is 0 Å². The van der Waals surface area contributed by atoms with Gasteiger partial charge in [0.2, 0.25) is 0 Å². The van der Waals surface area contributed by atoms with Crippen LogP contribution in [0.25, 0.3) is 0 Å². The lowest BCUT2D eigenvalue weighted by Gasteiger charge is -2.05. The highest BCUT2D eigenvalue weighted by molar-refractivity contribution is 4.75. The molecule has 0 amide bonds. The molecule has 2 atom stereocenters. The zero-order chi connectivity index (χ0) is 5.98. The third kappa shape index (κ3) is 1.46. The van der Waals surface area contributed by atoms with Gasteiger partial charge in [0, 0.05) is 6.61 Å². The lowest BCUT2D eigenvalue weighted by molar-refractivity contribution is 0.0549. The van der Waals surface area contributed by atoms with Crippen LogP contribution < -0.4 is 0 Å². The Kier molecular flexibility index (Phi) is 1.86. The van der Waals surface area contributed by atoms with E-state index in [2.05, 4.69) is 0 Å². The molecule has 0 bridgehead atoms. The molecule has 1 saturated heterocycles. The molecule has 0 radical (unpaired) electrons. The van der Waals surface area contributed by atoms with Crippen LogP contribution in [-0.2, 0) is 9.47 Å². The number of ether oxygens (including phenoxy) is 2. The predicted octanol–water partition coefficient (Wildman–Crippen LogP) is 0.810. The first-order valence-electron chi connectivity index (χ1n) is 3.07. The molecule has 2 nitrogen and oxygen atoms in total. The summed E-state index contributed by atoms with van der Waals surface area (Å²) in [7, 11) is 0. The van der Waals surface area contributed by atoms with Gasteiger partial charge in [0.1, 0.15) is 6.10 Å². The van der Waals surface area contributed by atoms with Crippen molar-refractivity contribution < 1.29 is 9.47 Å². The van der Waals surface area contributed by atoms with Crippen LogP contribution in [0.15, 0.2) is 0 Å². The van der Waals surface area contributed by atoms with Gasteiger partial charge in [-0.1, -0.05) is 0 Å². The third-order valence-corrected chi connectivity index (χ3v) is 1.31. The van der Waals surface area contributed by atoms with Gasteiger partial charge in [-0.05, 0) is 13.8 Å². The molecule has 0 aromatic rings. The quantitative estimate of drug-likeness (QED) is 0.509. The number of epoxide rings is 1. The molecule has 0 N–H and O–H groups in total. The number of rotatable bonds is 3. The highest BCUT2D eigenvalue weighted by Gasteiger charge is 2.29. The minimum absolute atomic E-state index is 0.306. The fourth-order valence-electron chi connectivity index (χ4n) is 0.697. The Morgan fingerprint density at radius 1 is 1.88 bits per heavy atom. The van der Waals surface area contributed by atoms with Crippen LogP contribution in [0.4, 0.5) is 0 Å². The molecule has 0 aliphatic carbocycles. The van der Waals surface area contributed by atoms with E-state index in [9.17, 15) is 0 Å². The maximum atomic E-state index is 5.24. The molecule has 0 saturated carbocycles. The Morgan fingerprint density at radius 3 is 2.88 bits per heavy atom. The minimum atomic E-state index is 0.306. The SMILES string of the molecule is CCO[C@@H](C)[C@H]1CO1. The summed E-state index contributed by atoms with van der Waals surface area (Å²) in [4.78, 5) is 0. The topological polar surface area (TPSA) is 21.8 Å². The lowest BCUT2D eigenvalue weighted by atomic mass is 10.3. The summed E-state index contributed by atoms with van der Waals surface area (Å²) in [5.41, 5.74) is 0. The number of hydrogen-bond acceptors (Lipinski definition) is 2. The smallest absolute Gasteiger partial charge is 0.107 e. The molecule has 1 fully saturated rings. The molecule has 2 heteroatoms. The molecular formula is C6H12O2. The van der Waals surface area contributed by atoms with Gasteiger partial charge in [-0.2, -0.15) is 0 Å². The molecule has 0 spiro atoms. The second kappa shape index (κ2) is 2.46. The van der Waals surface area contributed by atoms with Gasteiger partial charge < -0.3 is 9.47 Å². The second-order valence-corrected chi connectivity index (χ2v) is 2.03. The van der Waals surface area contributed by atoms with Crippen molar-refractivity contribution in [2.24, 2.45) is 0 Å². The monoisotopic (exact) mass is 116 g/mol. The van der Waals surface area contributed by atoms with Gasteiger partial charge in [-0.3, -0.25) is 0 Å². The van der Waals surface area contributed by atoms with Gasteiger partial charge in [0.15, 0.2) is 0 Å². The Bertz CT molecular complexity index is 68.9. The van der Waals surface area contributed by atoms with E-state index >= 15 is 0 Å². The summed E-state index contributed by atoms with van der Waals surface area (Å²) in [6, 6.07) is 0. The van der Waals surface area contributed by atoms with Crippen LogP contribution >= 0.6 is 0 Å². The first-order valence-corrected chi connectivity index (χ1v) is 3.07. The normalized spacial score (nSPS) is 30.0. The van der Waals surface area contributed by atoms with Crippen LogP contribution in [0.2, 0.25) is 0 Å². The molecule has 1 heterocycles. The average molecular weight is 116 g/mol. The van der Waals surface area contributed by atoms with Crippen molar-refractivity contribution in [2.75, 3.05) is 13.2 Å². The molecule has 0 unspecified atom stereocenters. The van der Waals surface area contributed by atoms with E-state index in [1.807, 2.05) is 13.8 Å². The van der Waals surface area contributed by atoms with Crippen LogP contribution in [-0.4, -0.2) is 25.4 Å². The summed E-state index contributed by atoms with van der Waals surface area (Å²) in [5.74, 6) is 0. The van der Waals surface area contributed by atoms with Crippen molar-refractivity contribution in [2.45, 2.75) is 26.1 Å². The van der Waals surface area contributed by atoms with Crippen molar-refractivity contribution >= 4 is 0 Å². The van der Waals surface area contributed by atoms with Crippen molar-refractivity contribution in [3.05, 3.63) is 0 Å². The van der Waals surface area contributed by atoms with Crippen molar-refractivity contribution in [3.63, 3.8) is 0 Å². The fourth-order valence-corrected chi connectivity index (χ4v) is 0.697. The molecule has 1 rings (SSSR count). The van der Waals surface area contributed by atoms with E-state index in [1.54, 1.807) is 0 Å². The van der Waals surface area contributed by atoms with Crippen LogP contribution in [0.1, 0.15) is 13.8 Å². The van der Waals surface area contributed by atoms with E-state index in [1.165, 1.54) is 0 Å². The lowest BCUT2D eigenvalue weighted by Crippen LogP contribution is -2.14. The predicted molar refractivity (Wildman–Crippen MR) is 30.8 cm³/mol. The van der Waals surface area contributed by atoms with Gasteiger partial charge in [0.25, 0.3) is 0 Å². The average Bonchev–Trinajstić information content (AvgIpc) is 2.45. The van der Waals surface area contributed by atoms with E-state index in [0.29, 0.717) is 12.2 Å². The zero-order valence-electron chi connectivity index (χ0n) is 5.39. The van der Waals surface area contributed by atoms with Gasteiger partial charge >= 0.3 is 0 Å². The highest BCUT2D eigenvalue weighted by atomic mass is 16.6. The van der Waals surface area contributed by atoms with Crippen molar-refractivity contribution in [3.8, 4) is 0 Å². The summed E-state index contributed by atoms with van der Waals surface area (Å²) in [5, 5.41) is 0. The summed E-state index contributed by atoms with van der Waals surface area (Å²) < 4.78 is 10.2. The van der Waals surface area contributed by atoms with E-state index < -0.39 is 0 Å². The Labute approximate surface area is 49.8 Å². The molecule has 1 aliphatic heterocycles. The Hall–Kier alpha value is -0.0800. The van der Waals surface area contributed by atoms with Gasteiger partial charge in [0.05, 0.1) is 12.7 Å². The molecule has 8 heavy (non-hydrogen) atoms. The molecule has 0 aromatic heterocycles. The largest absolute Gasteiger partial charge is 0.376 e.